The highest BCUT2D eigenvalue weighted by Gasteiger charge is 2.16. The highest BCUT2D eigenvalue weighted by molar-refractivity contribution is 5.92. The fourth-order valence-electron chi connectivity index (χ4n) is 2.61. The van der Waals surface area contributed by atoms with Crippen LogP contribution in [-0.2, 0) is 22.6 Å². The molecule has 1 aliphatic heterocycles. The number of nitrogens with one attached hydrogen (secondary N) is 2. The molecular formula is C16H20N4O3. The Balaban J connectivity index is 1.72. The van der Waals surface area contributed by atoms with Gasteiger partial charge in [-0.3, -0.25) is 4.79 Å². The molecule has 0 aliphatic carbocycles. The van der Waals surface area contributed by atoms with Gasteiger partial charge in [-0.25, -0.2) is 0 Å². The number of aromatic nitrogens is 2. The molecule has 0 fully saturated rings. The third-order valence-electron chi connectivity index (χ3n) is 3.74. The third-order valence-corrected chi connectivity index (χ3v) is 3.74. The summed E-state index contributed by atoms with van der Waals surface area (Å²) in [6.07, 6.45) is 2.32. The zero-order valence-corrected chi connectivity index (χ0v) is 13.3. The number of carbonyl (C=O) groups is 1. The van der Waals surface area contributed by atoms with Gasteiger partial charge in [-0.15, -0.1) is 0 Å². The van der Waals surface area contributed by atoms with E-state index in [-0.39, 0.29) is 11.9 Å². The minimum absolute atomic E-state index is 0.0781. The van der Waals surface area contributed by atoms with E-state index in [1.165, 1.54) is 0 Å². The molecular weight excluding hydrogens is 296 g/mol. The molecule has 1 aromatic heterocycles. The summed E-state index contributed by atoms with van der Waals surface area (Å²) < 4.78 is 10.2. The standard InChI is InChI=1S/C16H20N4O3/c1-10(16-19-14(9-22-2)20-23-16)17-12-6-7-13-11(8-12)4-3-5-15(21)18-13/h6-8,10,17H,3-5,9H2,1-2H3,(H,18,21). The second-order valence-corrected chi connectivity index (χ2v) is 5.62. The fourth-order valence-corrected chi connectivity index (χ4v) is 2.61. The number of amides is 1. The number of ether oxygens (including phenoxy) is 1. The summed E-state index contributed by atoms with van der Waals surface area (Å²) in [7, 11) is 1.59. The number of rotatable bonds is 5. The maximum absolute atomic E-state index is 11.6. The lowest BCUT2D eigenvalue weighted by Crippen LogP contribution is -2.10. The van der Waals surface area contributed by atoms with Gasteiger partial charge in [-0.05, 0) is 43.5 Å². The topological polar surface area (TPSA) is 89.3 Å². The molecule has 2 N–H and O–H groups in total. The average molecular weight is 316 g/mol. The maximum Gasteiger partial charge on any atom is 0.248 e. The Hall–Kier alpha value is -2.41. The minimum Gasteiger partial charge on any atom is -0.377 e. The maximum atomic E-state index is 11.6. The zero-order chi connectivity index (χ0) is 16.2. The van der Waals surface area contributed by atoms with Gasteiger partial charge in [-0.1, -0.05) is 5.16 Å². The van der Waals surface area contributed by atoms with Gasteiger partial charge in [0.1, 0.15) is 12.6 Å². The van der Waals surface area contributed by atoms with E-state index >= 15 is 0 Å². The second kappa shape index (κ2) is 6.78. The fraction of sp³-hybridized carbons (Fsp3) is 0.438. The number of fused-ring (bicyclic) bond motifs is 1. The van der Waals surface area contributed by atoms with Crippen LogP contribution in [0.1, 0.15) is 43.1 Å². The first kappa shape index (κ1) is 15.5. The first-order valence-corrected chi connectivity index (χ1v) is 7.66. The van der Waals surface area contributed by atoms with Gasteiger partial charge in [0.15, 0.2) is 5.82 Å². The molecule has 7 heteroatoms. The predicted octanol–water partition coefficient (Wildman–Crippen LogP) is 2.66. The lowest BCUT2D eigenvalue weighted by Gasteiger charge is -2.14. The van der Waals surface area contributed by atoms with Crippen LogP contribution < -0.4 is 10.6 Å². The molecule has 1 aromatic carbocycles. The van der Waals surface area contributed by atoms with Gasteiger partial charge in [0.05, 0.1) is 0 Å². The largest absolute Gasteiger partial charge is 0.377 e. The number of anilines is 2. The molecule has 0 radical (unpaired) electrons. The van der Waals surface area contributed by atoms with Crippen molar-refractivity contribution in [1.29, 1.82) is 0 Å². The molecule has 2 aromatic rings. The van der Waals surface area contributed by atoms with Crippen molar-refractivity contribution in [2.24, 2.45) is 0 Å². The van der Waals surface area contributed by atoms with E-state index in [1.807, 2.05) is 19.1 Å². The van der Waals surface area contributed by atoms with E-state index in [0.717, 1.165) is 29.8 Å². The van der Waals surface area contributed by atoms with Crippen LogP contribution in [0.3, 0.4) is 0 Å². The van der Waals surface area contributed by atoms with Crippen molar-refractivity contribution in [2.75, 3.05) is 17.7 Å². The Morgan fingerprint density at radius 2 is 2.30 bits per heavy atom. The van der Waals surface area contributed by atoms with Crippen molar-refractivity contribution >= 4 is 17.3 Å². The Morgan fingerprint density at radius 3 is 3.13 bits per heavy atom. The first-order chi connectivity index (χ1) is 11.2. The summed E-state index contributed by atoms with van der Waals surface area (Å²) in [5, 5.41) is 10.1. The van der Waals surface area contributed by atoms with Crippen LogP contribution in [0.5, 0.6) is 0 Å². The number of aryl methyl sites for hydroxylation is 1. The Kier molecular flexibility index (Phi) is 4.57. The first-order valence-electron chi connectivity index (χ1n) is 7.66. The van der Waals surface area contributed by atoms with E-state index in [0.29, 0.717) is 24.7 Å². The van der Waals surface area contributed by atoms with Crippen LogP contribution in [0, 0.1) is 0 Å². The molecule has 0 spiro atoms. The lowest BCUT2D eigenvalue weighted by molar-refractivity contribution is -0.116. The van der Waals surface area contributed by atoms with Gasteiger partial charge in [-0.2, -0.15) is 4.98 Å². The van der Waals surface area contributed by atoms with E-state index < -0.39 is 0 Å². The summed E-state index contributed by atoms with van der Waals surface area (Å²) in [6, 6.07) is 5.81. The van der Waals surface area contributed by atoms with Crippen LogP contribution in [0.2, 0.25) is 0 Å². The summed E-state index contributed by atoms with van der Waals surface area (Å²) >= 11 is 0. The van der Waals surface area contributed by atoms with Gasteiger partial charge >= 0.3 is 0 Å². The van der Waals surface area contributed by atoms with Crippen molar-refractivity contribution in [3.05, 3.63) is 35.5 Å². The summed E-state index contributed by atoms with van der Waals surface area (Å²) in [6.45, 7) is 2.28. The third kappa shape index (κ3) is 3.68. The molecule has 122 valence electrons. The molecule has 1 amide bonds. The smallest absolute Gasteiger partial charge is 0.248 e. The molecule has 0 saturated carbocycles. The van der Waals surface area contributed by atoms with E-state index in [2.05, 4.69) is 26.8 Å². The number of benzene rings is 1. The van der Waals surface area contributed by atoms with Crippen LogP contribution in [0.25, 0.3) is 0 Å². The Morgan fingerprint density at radius 1 is 1.43 bits per heavy atom. The van der Waals surface area contributed by atoms with Crippen LogP contribution in [-0.4, -0.2) is 23.2 Å². The van der Waals surface area contributed by atoms with Crippen molar-refractivity contribution in [1.82, 2.24) is 10.1 Å². The lowest BCUT2D eigenvalue weighted by atomic mass is 10.1. The molecule has 0 bridgehead atoms. The Bertz CT molecular complexity index is 698. The normalized spacial score (nSPS) is 15.5. The second-order valence-electron chi connectivity index (χ2n) is 5.62. The monoisotopic (exact) mass is 316 g/mol. The molecule has 1 atom stereocenters. The quantitative estimate of drug-likeness (QED) is 0.881. The summed E-state index contributed by atoms with van der Waals surface area (Å²) in [5.41, 5.74) is 2.99. The molecule has 1 unspecified atom stereocenters. The van der Waals surface area contributed by atoms with Crippen molar-refractivity contribution in [3.63, 3.8) is 0 Å². The molecule has 1 aliphatic rings. The van der Waals surface area contributed by atoms with Gasteiger partial charge < -0.3 is 19.9 Å². The number of hydrogen-bond acceptors (Lipinski definition) is 6. The van der Waals surface area contributed by atoms with Crippen LogP contribution in [0.4, 0.5) is 11.4 Å². The van der Waals surface area contributed by atoms with E-state index in [4.69, 9.17) is 9.26 Å². The van der Waals surface area contributed by atoms with Crippen LogP contribution >= 0.6 is 0 Å². The van der Waals surface area contributed by atoms with Crippen molar-refractivity contribution < 1.29 is 14.1 Å². The number of carbonyl (C=O) groups excluding carboxylic acids is 1. The highest BCUT2D eigenvalue weighted by atomic mass is 16.5. The molecule has 7 nitrogen and oxygen atoms in total. The number of nitrogens with zero attached hydrogens (tertiary/aromatic N) is 2. The Labute approximate surface area is 134 Å². The minimum atomic E-state index is -0.119. The van der Waals surface area contributed by atoms with Crippen molar-refractivity contribution in [2.45, 2.75) is 38.8 Å². The van der Waals surface area contributed by atoms with Crippen LogP contribution in [0.15, 0.2) is 22.7 Å². The SMILES string of the molecule is COCc1noc(C(C)Nc2ccc3c(c2)CCCC(=O)N3)n1. The van der Waals surface area contributed by atoms with Gasteiger partial charge in [0.25, 0.3) is 0 Å². The van der Waals surface area contributed by atoms with Crippen molar-refractivity contribution in [3.8, 4) is 0 Å². The zero-order valence-electron chi connectivity index (χ0n) is 13.3. The summed E-state index contributed by atoms with van der Waals surface area (Å²) in [5.74, 6) is 1.12. The molecule has 23 heavy (non-hydrogen) atoms. The summed E-state index contributed by atoms with van der Waals surface area (Å²) in [4.78, 5) is 15.9. The van der Waals surface area contributed by atoms with Gasteiger partial charge in [0.2, 0.25) is 11.8 Å². The average Bonchev–Trinajstić information content (AvgIpc) is 2.91. The van der Waals surface area contributed by atoms with E-state index in [1.54, 1.807) is 7.11 Å². The molecule has 3 rings (SSSR count). The highest BCUT2D eigenvalue weighted by Crippen LogP contribution is 2.27. The predicted molar refractivity (Wildman–Crippen MR) is 85.1 cm³/mol. The molecule has 0 saturated heterocycles. The number of hydrogen-bond donors (Lipinski definition) is 2. The number of methoxy groups -OCH3 is 1. The van der Waals surface area contributed by atoms with Gasteiger partial charge in [0, 0.05) is 24.9 Å². The molecule has 2 heterocycles. The van der Waals surface area contributed by atoms with E-state index in [9.17, 15) is 4.79 Å².